The molecule has 5 rings (SSSR count). The average molecular weight is 412 g/mol. The van der Waals surface area contributed by atoms with Crippen LogP contribution in [0, 0.1) is 6.92 Å². The number of nitrogens with zero attached hydrogens (tertiary/aromatic N) is 5. The summed E-state index contributed by atoms with van der Waals surface area (Å²) in [6, 6.07) is 16.1. The molecule has 0 radical (unpaired) electrons. The maximum absolute atomic E-state index is 13.7. The second-order valence-corrected chi connectivity index (χ2v) is 8.03. The lowest BCUT2D eigenvalue weighted by Crippen LogP contribution is -2.26. The van der Waals surface area contributed by atoms with Crippen molar-refractivity contribution < 1.29 is 0 Å². The number of benzene rings is 2. The van der Waals surface area contributed by atoms with E-state index in [1.807, 2.05) is 54.8 Å². The van der Waals surface area contributed by atoms with Gasteiger partial charge in [-0.3, -0.25) is 13.9 Å². The summed E-state index contributed by atoms with van der Waals surface area (Å²) in [5, 5.41) is 0.529. The first-order chi connectivity index (χ1) is 15.0. The summed E-state index contributed by atoms with van der Waals surface area (Å²) in [5.74, 6) is 0.701. The Morgan fingerprint density at radius 2 is 1.68 bits per heavy atom. The van der Waals surface area contributed by atoms with E-state index in [-0.39, 0.29) is 11.6 Å². The molecule has 1 atom stereocenters. The molecular weight excluding hydrogens is 386 g/mol. The molecule has 2 aromatic carbocycles. The Kier molecular flexibility index (Phi) is 4.58. The van der Waals surface area contributed by atoms with Crippen molar-refractivity contribution in [1.82, 2.24) is 24.1 Å². The van der Waals surface area contributed by atoms with Crippen LogP contribution in [0.25, 0.3) is 38.9 Å². The van der Waals surface area contributed by atoms with Crippen LogP contribution in [-0.2, 0) is 6.42 Å². The average Bonchev–Trinajstić information content (AvgIpc) is 3.10. The van der Waals surface area contributed by atoms with Gasteiger partial charge in [0, 0.05) is 11.7 Å². The smallest absolute Gasteiger partial charge is 0.265 e. The zero-order valence-corrected chi connectivity index (χ0v) is 18.3. The molecule has 0 N–H and O–H groups in total. The van der Waals surface area contributed by atoms with E-state index in [0.29, 0.717) is 28.0 Å². The molecule has 6 heteroatoms. The van der Waals surface area contributed by atoms with Gasteiger partial charge in [-0.1, -0.05) is 38.1 Å². The van der Waals surface area contributed by atoms with Gasteiger partial charge in [0.1, 0.15) is 16.7 Å². The Bertz CT molecular complexity index is 1510. The molecule has 156 valence electrons. The molecule has 0 bridgehead atoms. The number of aryl methyl sites for hydroxylation is 2. The van der Waals surface area contributed by atoms with E-state index in [9.17, 15) is 4.79 Å². The first kappa shape index (κ1) is 19.4. The van der Waals surface area contributed by atoms with Gasteiger partial charge in [-0.2, -0.15) is 0 Å². The van der Waals surface area contributed by atoms with Gasteiger partial charge < -0.3 is 0 Å². The van der Waals surface area contributed by atoms with Gasteiger partial charge in [0.05, 0.1) is 11.0 Å². The van der Waals surface area contributed by atoms with Crippen LogP contribution in [0.4, 0.5) is 0 Å². The van der Waals surface area contributed by atoms with Crippen molar-refractivity contribution in [3.63, 3.8) is 0 Å². The Morgan fingerprint density at radius 1 is 0.935 bits per heavy atom. The molecule has 3 aromatic heterocycles. The third-order valence-corrected chi connectivity index (χ3v) is 6.09. The molecule has 0 aliphatic heterocycles. The summed E-state index contributed by atoms with van der Waals surface area (Å²) >= 11 is 0. The zero-order chi connectivity index (χ0) is 21.7. The lowest BCUT2D eigenvalue weighted by Gasteiger charge is -2.16. The van der Waals surface area contributed by atoms with Gasteiger partial charge in [0.25, 0.3) is 5.56 Å². The maximum Gasteiger partial charge on any atom is 0.265 e. The second kappa shape index (κ2) is 7.30. The Labute approximate surface area is 180 Å². The van der Waals surface area contributed by atoms with Gasteiger partial charge in [0.15, 0.2) is 11.3 Å². The number of rotatable bonds is 4. The van der Waals surface area contributed by atoms with Gasteiger partial charge in [0.2, 0.25) is 0 Å². The topological polar surface area (TPSA) is 65.6 Å². The lowest BCUT2D eigenvalue weighted by atomic mass is 10.1. The van der Waals surface area contributed by atoms with Gasteiger partial charge in [-0.25, -0.2) is 15.0 Å². The van der Waals surface area contributed by atoms with E-state index in [2.05, 4.69) is 26.0 Å². The van der Waals surface area contributed by atoms with Crippen molar-refractivity contribution in [2.45, 2.75) is 46.6 Å². The van der Waals surface area contributed by atoms with Crippen molar-refractivity contribution in [3.8, 4) is 5.69 Å². The number of fused-ring (bicyclic) bond motifs is 4. The zero-order valence-electron chi connectivity index (χ0n) is 18.3. The second-order valence-electron chi connectivity index (χ2n) is 8.03. The van der Waals surface area contributed by atoms with E-state index in [0.717, 1.165) is 29.6 Å². The summed E-state index contributed by atoms with van der Waals surface area (Å²) in [7, 11) is 0. The lowest BCUT2D eigenvalue weighted by molar-refractivity contribution is 0.497. The predicted molar refractivity (Wildman–Crippen MR) is 125 cm³/mol. The first-order valence-corrected chi connectivity index (χ1v) is 10.8. The van der Waals surface area contributed by atoms with Crippen LogP contribution in [0.15, 0.2) is 53.3 Å². The van der Waals surface area contributed by atoms with E-state index in [4.69, 9.17) is 15.0 Å². The monoisotopic (exact) mass is 411 g/mol. The molecule has 31 heavy (non-hydrogen) atoms. The fourth-order valence-corrected chi connectivity index (χ4v) is 4.27. The largest absolute Gasteiger partial charge is 0.293 e. The van der Waals surface area contributed by atoms with Gasteiger partial charge in [-0.05, 0) is 56.5 Å². The van der Waals surface area contributed by atoms with Crippen molar-refractivity contribution >= 4 is 33.2 Å². The minimum Gasteiger partial charge on any atom is -0.293 e. The third-order valence-electron chi connectivity index (χ3n) is 6.09. The highest BCUT2D eigenvalue weighted by atomic mass is 16.1. The standard InChI is InChI=1S/C25H25N5O/c1-5-15(3)29-16(4)26-23-21(25(29)31)22-24(28-20-13-8-7-12-19(20)27-22)30(23)18-11-9-10-17(6-2)14-18/h7-15H,5-6H2,1-4H3/t15-/m1/s1. The molecule has 0 amide bonds. The normalized spacial score (nSPS) is 12.8. The van der Waals surface area contributed by atoms with E-state index in [1.54, 1.807) is 4.57 Å². The minimum atomic E-state index is -0.0585. The fraction of sp³-hybridized carbons (Fsp3) is 0.280. The van der Waals surface area contributed by atoms with Crippen molar-refractivity contribution in [2.75, 3.05) is 0 Å². The summed E-state index contributed by atoms with van der Waals surface area (Å²) in [5.41, 5.74) is 5.54. The van der Waals surface area contributed by atoms with Crippen LogP contribution in [0.3, 0.4) is 0 Å². The molecule has 0 saturated heterocycles. The SMILES string of the molecule is CCc1cccc(-n2c3nc4ccccc4nc3c3c(=O)n([C@H](C)CC)c(C)nc32)c1. The molecular formula is C25H25N5O. The molecule has 0 fully saturated rings. The van der Waals surface area contributed by atoms with Crippen LogP contribution >= 0.6 is 0 Å². The third kappa shape index (κ3) is 2.93. The van der Waals surface area contributed by atoms with Crippen LogP contribution < -0.4 is 5.56 Å². The van der Waals surface area contributed by atoms with Gasteiger partial charge in [-0.15, -0.1) is 0 Å². The summed E-state index contributed by atoms with van der Waals surface area (Å²) in [4.78, 5) is 28.4. The van der Waals surface area contributed by atoms with Crippen molar-refractivity contribution in [3.05, 3.63) is 70.3 Å². The number of hydrogen-bond acceptors (Lipinski definition) is 4. The predicted octanol–water partition coefficient (Wildman–Crippen LogP) is 5.13. The molecule has 0 aliphatic rings. The van der Waals surface area contributed by atoms with Crippen molar-refractivity contribution in [1.29, 1.82) is 0 Å². The maximum atomic E-state index is 13.7. The number of para-hydroxylation sites is 2. The molecule has 0 unspecified atom stereocenters. The Hall–Kier alpha value is -3.54. The number of hydrogen-bond donors (Lipinski definition) is 0. The highest BCUT2D eigenvalue weighted by molar-refractivity contribution is 6.05. The highest BCUT2D eigenvalue weighted by Gasteiger charge is 2.23. The van der Waals surface area contributed by atoms with Crippen LogP contribution in [0.5, 0.6) is 0 Å². The van der Waals surface area contributed by atoms with E-state index < -0.39 is 0 Å². The quantitative estimate of drug-likeness (QED) is 0.411. The summed E-state index contributed by atoms with van der Waals surface area (Å²) in [6.07, 6.45) is 1.77. The molecule has 3 heterocycles. The van der Waals surface area contributed by atoms with Crippen LogP contribution in [0.1, 0.15) is 44.6 Å². The fourth-order valence-electron chi connectivity index (χ4n) is 4.27. The summed E-state index contributed by atoms with van der Waals surface area (Å²) in [6.45, 7) is 8.15. The number of aromatic nitrogens is 5. The van der Waals surface area contributed by atoms with Crippen molar-refractivity contribution in [2.24, 2.45) is 0 Å². The minimum absolute atomic E-state index is 0.0552. The molecule has 0 saturated carbocycles. The van der Waals surface area contributed by atoms with E-state index in [1.165, 1.54) is 5.56 Å². The molecule has 0 aliphatic carbocycles. The van der Waals surface area contributed by atoms with Gasteiger partial charge >= 0.3 is 0 Å². The Balaban J connectivity index is 2.01. The van der Waals surface area contributed by atoms with Crippen LogP contribution in [0.2, 0.25) is 0 Å². The van der Waals surface area contributed by atoms with Crippen LogP contribution in [-0.4, -0.2) is 24.1 Å². The Morgan fingerprint density at radius 3 is 2.39 bits per heavy atom. The van der Waals surface area contributed by atoms with E-state index >= 15 is 0 Å². The molecule has 5 aromatic rings. The highest BCUT2D eigenvalue weighted by Crippen LogP contribution is 2.29. The molecule has 0 spiro atoms. The molecule has 6 nitrogen and oxygen atoms in total. The summed E-state index contributed by atoms with van der Waals surface area (Å²) < 4.78 is 3.77. The first-order valence-electron chi connectivity index (χ1n) is 10.8.